The van der Waals surface area contributed by atoms with Gasteiger partial charge in [0.25, 0.3) is 0 Å². The Morgan fingerprint density at radius 1 is 0.853 bits per heavy atom. The predicted molar refractivity (Wildman–Crippen MR) is 132 cm³/mol. The van der Waals surface area contributed by atoms with Gasteiger partial charge in [0.1, 0.15) is 13.2 Å². The van der Waals surface area contributed by atoms with Gasteiger partial charge in [0.05, 0.1) is 16.2 Å². The van der Waals surface area contributed by atoms with Crippen molar-refractivity contribution in [2.24, 2.45) is 16.2 Å². The molecule has 0 aliphatic carbocycles. The van der Waals surface area contributed by atoms with E-state index in [-0.39, 0.29) is 26.1 Å². The standard InChI is InChI=1S/C27H43NO6/c1-8-26(6,23(31)34-18-21-14-12-11-13-15-21)20-27(7,19-25(4,5)22(29)30)24(32)33-17-16-28(9-2)10-3/h11-15H,8-10,16-20H2,1-7H3,(H,29,30). The molecule has 0 aliphatic rings. The van der Waals surface area contributed by atoms with Crippen molar-refractivity contribution in [2.75, 3.05) is 26.2 Å². The van der Waals surface area contributed by atoms with Crippen molar-refractivity contribution in [3.8, 4) is 0 Å². The molecule has 0 saturated heterocycles. The van der Waals surface area contributed by atoms with E-state index in [9.17, 15) is 19.5 Å². The Hall–Kier alpha value is -2.41. The normalized spacial score (nSPS) is 15.3. The summed E-state index contributed by atoms with van der Waals surface area (Å²) in [5.41, 5.74) is -2.45. The highest BCUT2D eigenvalue weighted by Gasteiger charge is 2.49. The van der Waals surface area contributed by atoms with Crippen LogP contribution in [0.5, 0.6) is 0 Å². The lowest BCUT2D eigenvalue weighted by atomic mass is 9.65. The molecule has 0 saturated carbocycles. The van der Waals surface area contributed by atoms with E-state index in [1.165, 1.54) is 0 Å². The average Bonchev–Trinajstić information content (AvgIpc) is 2.80. The number of carboxylic acid groups (broad SMARTS) is 1. The summed E-state index contributed by atoms with van der Waals surface area (Å²) in [4.78, 5) is 40.5. The molecule has 0 bridgehead atoms. The Balaban J connectivity index is 3.09. The number of esters is 2. The maximum absolute atomic E-state index is 13.3. The number of nitrogens with zero attached hydrogens (tertiary/aromatic N) is 1. The molecule has 0 radical (unpaired) electrons. The number of hydrogen-bond acceptors (Lipinski definition) is 6. The van der Waals surface area contributed by atoms with Crippen molar-refractivity contribution in [3.05, 3.63) is 35.9 Å². The van der Waals surface area contributed by atoms with Gasteiger partial charge in [0.2, 0.25) is 0 Å². The summed E-state index contributed by atoms with van der Waals surface area (Å²) < 4.78 is 11.3. The van der Waals surface area contributed by atoms with Gasteiger partial charge in [-0.05, 0) is 65.6 Å². The molecule has 0 aliphatic heterocycles. The van der Waals surface area contributed by atoms with Gasteiger partial charge < -0.3 is 19.5 Å². The third-order valence-electron chi connectivity index (χ3n) is 6.71. The van der Waals surface area contributed by atoms with E-state index in [2.05, 4.69) is 4.90 Å². The molecule has 0 heterocycles. The molecule has 1 aromatic carbocycles. The van der Waals surface area contributed by atoms with Crippen LogP contribution in [0.25, 0.3) is 0 Å². The number of rotatable bonds is 15. The quantitative estimate of drug-likeness (QED) is 0.358. The van der Waals surface area contributed by atoms with Gasteiger partial charge >= 0.3 is 17.9 Å². The topological polar surface area (TPSA) is 93.1 Å². The average molecular weight is 478 g/mol. The van der Waals surface area contributed by atoms with E-state index in [4.69, 9.17) is 9.47 Å². The second kappa shape index (κ2) is 12.9. The zero-order valence-electron chi connectivity index (χ0n) is 22.0. The monoisotopic (exact) mass is 477 g/mol. The summed E-state index contributed by atoms with van der Waals surface area (Å²) in [6.45, 7) is 15.3. The predicted octanol–water partition coefficient (Wildman–Crippen LogP) is 4.93. The van der Waals surface area contributed by atoms with Gasteiger partial charge in [-0.3, -0.25) is 14.4 Å². The van der Waals surface area contributed by atoms with Gasteiger partial charge in [-0.2, -0.15) is 0 Å². The molecule has 0 amide bonds. The molecule has 34 heavy (non-hydrogen) atoms. The third-order valence-corrected chi connectivity index (χ3v) is 6.71. The van der Waals surface area contributed by atoms with Crippen molar-refractivity contribution in [3.63, 3.8) is 0 Å². The molecule has 2 atom stereocenters. The van der Waals surface area contributed by atoms with E-state index in [0.717, 1.165) is 18.7 Å². The molecule has 0 fully saturated rings. The first-order valence-corrected chi connectivity index (χ1v) is 12.2. The minimum atomic E-state index is -1.18. The minimum absolute atomic E-state index is 0.0427. The van der Waals surface area contributed by atoms with Gasteiger partial charge in [-0.1, -0.05) is 51.1 Å². The zero-order valence-corrected chi connectivity index (χ0v) is 22.0. The molecular weight excluding hydrogens is 434 g/mol. The maximum Gasteiger partial charge on any atom is 0.312 e. The van der Waals surface area contributed by atoms with Crippen LogP contribution in [0.3, 0.4) is 0 Å². The van der Waals surface area contributed by atoms with Crippen LogP contribution in [0, 0.1) is 16.2 Å². The summed E-state index contributed by atoms with van der Waals surface area (Å²) in [7, 11) is 0. The molecule has 7 heteroatoms. The van der Waals surface area contributed by atoms with E-state index in [1.807, 2.05) is 51.1 Å². The lowest BCUT2D eigenvalue weighted by molar-refractivity contribution is -0.168. The van der Waals surface area contributed by atoms with E-state index in [1.54, 1.807) is 27.7 Å². The lowest BCUT2D eigenvalue weighted by Gasteiger charge is -2.39. The summed E-state index contributed by atoms with van der Waals surface area (Å²) in [5, 5.41) is 9.72. The van der Waals surface area contributed by atoms with E-state index in [0.29, 0.717) is 13.0 Å². The van der Waals surface area contributed by atoms with E-state index >= 15 is 0 Å². The van der Waals surface area contributed by atoms with Crippen LogP contribution in [0.1, 0.15) is 73.3 Å². The fourth-order valence-corrected chi connectivity index (χ4v) is 4.34. The van der Waals surface area contributed by atoms with Crippen molar-refractivity contribution in [2.45, 2.75) is 74.3 Å². The molecule has 192 valence electrons. The highest BCUT2D eigenvalue weighted by molar-refractivity contribution is 5.82. The van der Waals surface area contributed by atoms with Crippen LogP contribution in [0.15, 0.2) is 30.3 Å². The molecule has 0 spiro atoms. The Morgan fingerprint density at radius 2 is 1.41 bits per heavy atom. The van der Waals surface area contributed by atoms with E-state index < -0.39 is 34.2 Å². The van der Waals surface area contributed by atoms with Gasteiger partial charge in [-0.25, -0.2) is 0 Å². The fourth-order valence-electron chi connectivity index (χ4n) is 4.34. The van der Waals surface area contributed by atoms with Gasteiger partial charge in [-0.15, -0.1) is 0 Å². The minimum Gasteiger partial charge on any atom is -0.481 e. The summed E-state index contributed by atoms with van der Waals surface area (Å²) in [5.74, 6) is -1.89. The Kier molecular flexibility index (Phi) is 11.2. The number of ether oxygens (including phenoxy) is 2. The smallest absolute Gasteiger partial charge is 0.312 e. The van der Waals surface area contributed by atoms with Crippen molar-refractivity contribution >= 4 is 17.9 Å². The number of aliphatic carboxylic acids is 1. The number of carbonyl (C=O) groups is 3. The summed E-state index contributed by atoms with van der Waals surface area (Å²) >= 11 is 0. The molecule has 7 nitrogen and oxygen atoms in total. The molecule has 1 rings (SSSR count). The lowest BCUT2D eigenvalue weighted by Crippen LogP contribution is -2.44. The fraction of sp³-hybridized carbons (Fsp3) is 0.667. The number of benzene rings is 1. The Bertz CT molecular complexity index is 805. The summed E-state index contributed by atoms with van der Waals surface area (Å²) in [6.07, 6.45) is 0.613. The molecule has 1 aromatic rings. The first-order valence-electron chi connectivity index (χ1n) is 12.2. The van der Waals surface area contributed by atoms with Crippen molar-refractivity contribution < 1.29 is 29.0 Å². The number of hydrogen-bond donors (Lipinski definition) is 1. The Morgan fingerprint density at radius 3 is 1.91 bits per heavy atom. The number of carboxylic acids is 1. The van der Waals surface area contributed by atoms with Crippen LogP contribution in [0.4, 0.5) is 0 Å². The van der Waals surface area contributed by atoms with Crippen molar-refractivity contribution in [1.82, 2.24) is 4.90 Å². The van der Waals surface area contributed by atoms with Gasteiger partial charge in [0, 0.05) is 6.54 Å². The first-order chi connectivity index (χ1) is 15.8. The summed E-state index contributed by atoms with van der Waals surface area (Å²) in [6, 6.07) is 9.40. The zero-order chi connectivity index (χ0) is 26.0. The molecule has 0 aromatic heterocycles. The van der Waals surface area contributed by atoms with Crippen LogP contribution >= 0.6 is 0 Å². The second-order valence-electron chi connectivity index (χ2n) is 10.2. The molecule has 2 unspecified atom stereocenters. The third kappa shape index (κ3) is 8.42. The van der Waals surface area contributed by atoms with Crippen LogP contribution < -0.4 is 0 Å². The first kappa shape index (κ1) is 29.6. The SMILES string of the molecule is CCN(CC)CCOC(=O)C(C)(CC(C)(C)C(=O)O)CC(C)(CC)C(=O)OCc1ccccc1. The van der Waals surface area contributed by atoms with Crippen molar-refractivity contribution in [1.29, 1.82) is 0 Å². The molecule has 1 N–H and O–H groups in total. The molecular formula is C27H43NO6. The second-order valence-corrected chi connectivity index (χ2v) is 10.2. The highest BCUT2D eigenvalue weighted by Crippen LogP contribution is 2.45. The van der Waals surface area contributed by atoms with Gasteiger partial charge in [0.15, 0.2) is 0 Å². The van der Waals surface area contributed by atoms with Crippen LogP contribution in [0.2, 0.25) is 0 Å². The highest BCUT2D eigenvalue weighted by atomic mass is 16.5. The number of likely N-dealkylation sites (N-methyl/N-ethyl adjacent to an activating group) is 1. The largest absolute Gasteiger partial charge is 0.481 e. The Labute approximate surface area is 204 Å². The van der Waals surface area contributed by atoms with Crippen LogP contribution in [-0.4, -0.2) is 54.2 Å². The maximum atomic E-state index is 13.3. The van der Waals surface area contributed by atoms with Crippen LogP contribution in [-0.2, 0) is 30.5 Å². The number of carbonyl (C=O) groups excluding carboxylic acids is 2.